The van der Waals surface area contributed by atoms with Gasteiger partial charge >= 0.3 is 0 Å². The number of halogens is 1. The van der Waals surface area contributed by atoms with Gasteiger partial charge in [-0.1, -0.05) is 0 Å². The fraction of sp³-hybridized carbons (Fsp3) is 0.107. The monoisotopic (exact) mass is 527 g/mol. The van der Waals surface area contributed by atoms with Crippen LogP contribution >= 0.6 is 0 Å². The number of carbonyl (C=O) groups excluding carboxylic acids is 1. The van der Waals surface area contributed by atoms with E-state index in [4.69, 9.17) is 14.2 Å². The molecule has 3 aromatic heterocycles. The number of hydrogen-bond donors (Lipinski definition) is 1. The van der Waals surface area contributed by atoms with Gasteiger partial charge < -0.3 is 19.5 Å². The first-order valence-corrected chi connectivity index (χ1v) is 11.7. The van der Waals surface area contributed by atoms with Gasteiger partial charge in [-0.05, 0) is 61.0 Å². The summed E-state index contributed by atoms with van der Waals surface area (Å²) in [6.45, 7) is 1.65. The smallest absolute Gasteiger partial charge is 0.284 e. The summed E-state index contributed by atoms with van der Waals surface area (Å²) in [6.07, 6.45) is 2.93. The second-order valence-corrected chi connectivity index (χ2v) is 8.35. The van der Waals surface area contributed by atoms with Crippen molar-refractivity contribution in [3.05, 3.63) is 100 Å². The van der Waals surface area contributed by atoms with Gasteiger partial charge in [-0.25, -0.2) is 9.37 Å². The summed E-state index contributed by atoms with van der Waals surface area (Å²) in [5, 5.41) is 6.74. The Balaban J connectivity index is 1.35. The highest BCUT2D eigenvalue weighted by atomic mass is 19.1. The molecule has 2 aromatic carbocycles. The summed E-state index contributed by atoms with van der Waals surface area (Å²) in [5.74, 6) is 0.629. The predicted octanol–water partition coefficient (Wildman–Crippen LogP) is 4.69. The first kappa shape index (κ1) is 25.3. The summed E-state index contributed by atoms with van der Waals surface area (Å²) in [4.78, 5) is 34.7. The van der Waals surface area contributed by atoms with Crippen molar-refractivity contribution in [2.24, 2.45) is 0 Å². The van der Waals surface area contributed by atoms with E-state index in [1.54, 1.807) is 49.5 Å². The van der Waals surface area contributed by atoms with Crippen LogP contribution in [0.5, 0.6) is 23.1 Å². The highest BCUT2D eigenvalue weighted by Gasteiger charge is 2.16. The molecule has 0 fully saturated rings. The van der Waals surface area contributed by atoms with Gasteiger partial charge in [-0.3, -0.25) is 14.6 Å². The largest absolute Gasteiger partial charge is 0.491 e. The van der Waals surface area contributed by atoms with Crippen molar-refractivity contribution in [2.45, 2.75) is 6.92 Å². The van der Waals surface area contributed by atoms with Crippen LogP contribution in [0.1, 0.15) is 15.9 Å². The van der Waals surface area contributed by atoms with Crippen LogP contribution < -0.4 is 25.1 Å². The fourth-order valence-corrected chi connectivity index (χ4v) is 3.93. The number of anilines is 1. The highest BCUT2D eigenvalue weighted by Crippen LogP contribution is 2.34. The minimum atomic E-state index is -0.631. The van der Waals surface area contributed by atoms with Crippen molar-refractivity contribution in [1.29, 1.82) is 0 Å². The minimum absolute atomic E-state index is 0.118. The second-order valence-electron chi connectivity index (χ2n) is 8.35. The molecular formula is C28H22FN5O5. The molecule has 0 aliphatic rings. The molecule has 39 heavy (non-hydrogen) atoms. The van der Waals surface area contributed by atoms with Crippen molar-refractivity contribution >= 4 is 22.6 Å². The lowest BCUT2D eigenvalue weighted by molar-refractivity contribution is 0.102. The molecule has 5 rings (SSSR count). The van der Waals surface area contributed by atoms with E-state index in [-0.39, 0.29) is 5.56 Å². The van der Waals surface area contributed by atoms with Crippen LogP contribution in [0, 0.1) is 12.7 Å². The Kier molecular flexibility index (Phi) is 6.87. The number of methoxy groups -OCH3 is 2. The second kappa shape index (κ2) is 10.6. The molecule has 10 nitrogen and oxygen atoms in total. The van der Waals surface area contributed by atoms with Crippen LogP contribution in [0.15, 0.2) is 77.9 Å². The number of nitrogens with zero attached hydrogens (tertiary/aromatic N) is 4. The van der Waals surface area contributed by atoms with E-state index in [9.17, 15) is 14.0 Å². The number of carbonyl (C=O) groups is 1. The molecule has 11 heteroatoms. The van der Waals surface area contributed by atoms with Crippen molar-refractivity contribution in [3.8, 4) is 28.8 Å². The summed E-state index contributed by atoms with van der Waals surface area (Å²) < 4.78 is 31.1. The molecule has 1 N–H and O–H groups in total. The van der Waals surface area contributed by atoms with Crippen molar-refractivity contribution in [1.82, 2.24) is 19.7 Å². The minimum Gasteiger partial charge on any atom is -0.491 e. The lowest BCUT2D eigenvalue weighted by atomic mass is 10.2. The summed E-state index contributed by atoms with van der Waals surface area (Å²) in [7, 11) is 3.01. The van der Waals surface area contributed by atoms with Crippen LogP contribution in [0.25, 0.3) is 16.7 Å². The Labute approximate surface area is 221 Å². The number of nitrogens with one attached hydrogen (secondary N) is 1. The molecule has 5 aromatic rings. The average Bonchev–Trinajstić information content (AvgIpc) is 2.94. The van der Waals surface area contributed by atoms with E-state index in [1.165, 1.54) is 44.7 Å². The molecule has 0 bridgehead atoms. The molecule has 0 saturated carbocycles. The van der Waals surface area contributed by atoms with Crippen LogP contribution in [0.3, 0.4) is 0 Å². The van der Waals surface area contributed by atoms with E-state index in [1.807, 2.05) is 0 Å². The Bertz CT molecular complexity index is 1750. The average molecular weight is 528 g/mol. The molecule has 0 atom stereocenters. The standard InChI is InChI=1S/C28H22FN5O5/c1-16-14-17(29)4-9-22(16)34-28(36)20(10-13-31-34)26(35)32-18-5-7-19(8-6-18)39-23-11-12-30-21-15-24(37-2)27(38-3)33-25(21)23/h4-15H,1-3H3,(H,32,35). The summed E-state index contributed by atoms with van der Waals surface area (Å²) >= 11 is 0. The van der Waals surface area contributed by atoms with Crippen molar-refractivity contribution < 1.29 is 23.4 Å². The van der Waals surface area contributed by atoms with E-state index >= 15 is 0 Å². The number of aryl methyl sites for hydroxylation is 1. The predicted molar refractivity (Wildman–Crippen MR) is 142 cm³/mol. The third kappa shape index (κ3) is 5.10. The zero-order valence-corrected chi connectivity index (χ0v) is 21.1. The molecule has 0 aliphatic carbocycles. The maximum absolute atomic E-state index is 13.5. The van der Waals surface area contributed by atoms with Gasteiger partial charge in [-0.15, -0.1) is 0 Å². The third-order valence-electron chi connectivity index (χ3n) is 5.84. The topological polar surface area (TPSA) is 117 Å². The number of amides is 1. The summed E-state index contributed by atoms with van der Waals surface area (Å²) in [5.41, 5.74) is 1.63. The zero-order chi connectivity index (χ0) is 27.5. The third-order valence-corrected chi connectivity index (χ3v) is 5.84. The highest BCUT2D eigenvalue weighted by molar-refractivity contribution is 6.04. The number of fused-ring (bicyclic) bond motifs is 1. The zero-order valence-electron chi connectivity index (χ0n) is 21.1. The SMILES string of the molecule is COc1cc2nccc(Oc3ccc(NC(=O)c4ccnn(-c5ccc(F)cc5C)c4=O)cc3)c2nc1OC. The van der Waals surface area contributed by atoms with E-state index in [0.29, 0.717) is 51.1 Å². The van der Waals surface area contributed by atoms with Crippen LogP contribution in [-0.2, 0) is 0 Å². The molecule has 0 unspecified atom stereocenters. The normalized spacial score (nSPS) is 10.8. The number of rotatable bonds is 7. The molecule has 0 aliphatic heterocycles. The first-order valence-electron chi connectivity index (χ1n) is 11.7. The molecule has 196 valence electrons. The van der Waals surface area contributed by atoms with Gasteiger partial charge in [0.25, 0.3) is 17.3 Å². The van der Waals surface area contributed by atoms with Gasteiger partial charge in [-0.2, -0.15) is 9.78 Å². The lowest BCUT2D eigenvalue weighted by Gasteiger charge is -2.12. The van der Waals surface area contributed by atoms with Gasteiger partial charge in [0.15, 0.2) is 11.5 Å². The van der Waals surface area contributed by atoms with E-state index < -0.39 is 17.3 Å². The molecule has 1 amide bonds. The van der Waals surface area contributed by atoms with Gasteiger partial charge in [0.05, 0.1) is 25.4 Å². The van der Waals surface area contributed by atoms with Crippen LogP contribution in [0.2, 0.25) is 0 Å². The quantitative estimate of drug-likeness (QED) is 0.324. The van der Waals surface area contributed by atoms with Crippen LogP contribution in [-0.4, -0.2) is 39.9 Å². The Hall–Kier alpha value is -5.32. The van der Waals surface area contributed by atoms with Gasteiger partial charge in [0.2, 0.25) is 0 Å². The Morgan fingerprint density at radius 1 is 0.949 bits per heavy atom. The number of ether oxygens (including phenoxy) is 3. The maximum Gasteiger partial charge on any atom is 0.284 e. The number of benzene rings is 2. The number of pyridine rings is 2. The Morgan fingerprint density at radius 3 is 2.46 bits per heavy atom. The van der Waals surface area contributed by atoms with Crippen molar-refractivity contribution in [2.75, 3.05) is 19.5 Å². The molecule has 3 heterocycles. The van der Waals surface area contributed by atoms with Crippen molar-refractivity contribution in [3.63, 3.8) is 0 Å². The number of hydrogen-bond acceptors (Lipinski definition) is 8. The summed E-state index contributed by atoms with van der Waals surface area (Å²) in [6, 6.07) is 15.3. The molecule has 0 saturated heterocycles. The molecular weight excluding hydrogens is 505 g/mol. The van der Waals surface area contributed by atoms with E-state index in [0.717, 1.165) is 4.68 Å². The lowest BCUT2D eigenvalue weighted by Crippen LogP contribution is -2.30. The molecule has 0 spiro atoms. The maximum atomic E-state index is 13.5. The number of aromatic nitrogens is 4. The van der Waals surface area contributed by atoms with E-state index in [2.05, 4.69) is 20.4 Å². The Morgan fingerprint density at radius 2 is 1.74 bits per heavy atom. The fourth-order valence-electron chi connectivity index (χ4n) is 3.93. The van der Waals surface area contributed by atoms with Gasteiger partial charge in [0, 0.05) is 30.2 Å². The first-order chi connectivity index (χ1) is 18.9. The molecule has 0 radical (unpaired) electrons. The van der Waals surface area contributed by atoms with Crippen LogP contribution in [0.4, 0.5) is 10.1 Å². The van der Waals surface area contributed by atoms with Gasteiger partial charge in [0.1, 0.15) is 22.6 Å².